The zero-order valence-electron chi connectivity index (χ0n) is 22.4. The molecule has 1 saturated heterocycles. The quantitative estimate of drug-likeness (QED) is 0.279. The maximum atomic E-state index is 11.5. The smallest absolute Gasteiger partial charge is 0.220 e. The van der Waals surface area contributed by atoms with Crippen LogP contribution in [-0.4, -0.2) is 49.6 Å². The molecule has 0 aliphatic carbocycles. The Hall–Kier alpha value is -1.34. The van der Waals surface area contributed by atoms with Crippen molar-refractivity contribution in [3.63, 3.8) is 0 Å². The third-order valence-electron chi connectivity index (χ3n) is 6.60. The number of halogens is 3. The summed E-state index contributed by atoms with van der Waals surface area (Å²) in [5, 5.41) is 7.98. The minimum Gasteiger partial charge on any atom is -0.352 e. The largest absolute Gasteiger partial charge is 0.352 e. The van der Waals surface area contributed by atoms with Crippen molar-refractivity contribution in [2.75, 3.05) is 26.7 Å². The minimum absolute atomic E-state index is 0.0739. The van der Waals surface area contributed by atoms with Crippen LogP contribution in [0, 0.1) is 5.92 Å². The molecule has 3 rings (SSSR count). The standard InChI is InChI=1S/C16H26ClN3.C13H17Cl2NO/c1-19-10-8-16(20-11-9-15(18)12-20)7-4-13-2-5-14(17)6-3-13;1-9(2)3-6-13(17)16-8-10-4-5-11(14)12(15)7-10/h2-3,5-6,15-16,19H,4,7-12,18H2,1H3;4-5,7,9H,3,6,8H2,1-2H3,(H,16,17). The highest BCUT2D eigenvalue weighted by molar-refractivity contribution is 6.42. The van der Waals surface area contributed by atoms with E-state index in [0.717, 1.165) is 49.5 Å². The van der Waals surface area contributed by atoms with Gasteiger partial charge in [0.15, 0.2) is 0 Å². The molecule has 0 saturated carbocycles. The Morgan fingerprint density at radius 3 is 2.32 bits per heavy atom. The van der Waals surface area contributed by atoms with Crippen LogP contribution < -0.4 is 16.4 Å². The number of aryl methyl sites for hydroxylation is 1. The lowest BCUT2D eigenvalue weighted by Gasteiger charge is -2.28. The first-order valence-corrected chi connectivity index (χ1v) is 14.4. The Morgan fingerprint density at radius 1 is 1.03 bits per heavy atom. The SMILES string of the molecule is CC(C)CCC(=O)NCc1ccc(Cl)c(Cl)c1.CNCCC(CCc1ccc(Cl)cc1)N1CCC(N)C1. The van der Waals surface area contributed by atoms with E-state index in [1.165, 1.54) is 18.4 Å². The van der Waals surface area contributed by atoms with Gasteiger partial charge in [0.25, 0.3) is 0 Å². The van der Waals surface area contributed by atoms with Gasteiger partial charge in [-0.25, -0.2) is 0 Å². The number of hydrogen-bond acceptors (Lipinski definition) is 4. The van der Waals surface area contributed by atoms with Crippen molar-refractivity contribution < 1.29 is 4.79 Å². The second kappa shape index (κ2) is 17.3. The maximum absolute atomic E-state index is 11.5. The third kappa shape index (κ3) is 12.8. The summed E-state index contributed by atoms with van der Waals surface area (Å²) in [6, 6.07) is 14.6. The van der Waals surface area contributed by atoms with E-state index >= 15 is 0 Å². The van der Waals surface area contributed by atoms with Crippen LogP contribution in [0.5, 0.6) is 0 Å². The molecule has 1 amide bonds. The molecule has 1 aliphatic heterocycles. The van der Waals surface area contributed by atoms with Gasteiger partial charge in [0, 0.05) is 43.2 Å². The van der Waals surface area contributed by atoms with E-state index in [9.17, 15) is 4.79 Å². The second-order valence-electron chi connectivity index (χ2n) is 10.2. The molecule has 0 radical (unpaired) electrons. The zero-order chi connectivity index (χ0) is 27.2. The number of carbonyl (C=O) groups is 1. The molecule has 2 atom stereocenters. The second-order valence-corrected chi connectivity index (χ2v) is 11.5. The Morgan fingerprint density at radius 2 is 1.73 bits per heavy atom. The van der Waals surface area contributed by atoms with Crippen LogP contribution in [0.1, 0.15) is 57.1 Å². The first-order chi connectivity index (χ1) is 17.7. The van der Waals surface area contributed by atoms with Crippen LogP contribution in [0.4, 0.5) is 0 Å². The van der Waals surface area contributed by atoms with Gasteiger partial charge in [0.2, 0.25) is 5.91 Å². The highest BCUT2D eigenvalue weighted by Gasteiger charge is 2.25. The van der Waals surface area contributed by atoms with Gasteiger partial charge in [0.05, 0.1) is 10.0 Å². The van der Waals surface area contributed by atoms with Gasteiger partial charge in [-0.2, -0.15) is 0 Å². The van der Waals surface area contributed by atoms with Crippen LogP contribution in [0.2, 0.25) is 15.1 Å². The molecule has 1 aliphatic rings. The first kappa shape index (κ1) is 31.9. The van der Waals surface area contributed by atoms with Crippen LogP contribution in [-0.2, 0) is 17.8 Å². The molecule has 2 aromatic carbocycles. The normalized spacial score (nSPS) is 16.4. The molecule has 2 unspecified atom stereocenters. The van der Waals surface area contributed by atoms with Gasteiger partial charge in [-0.1, -0.05) is 66.8 Å². The summed E-state index contributed by atoms with van der Waals surface area (Å²) in [7, 11) is 2.02. The van der Waals surface area contributed by atoms with E-state index in [0.29, 0.717) is 41.0 Å². The molecular formula is C29H43Cl3N4O. The van der Waals surface area contributed by atoms with E-state index in [2.05, 4.69) is 41.5 Å². The van der Waals surface area contributed by atoms with Crippen molar-refractivity contribution in [2.24, 2.45) is 11.7 Å². The maximum Gasteiger partial charge on any atom is 0.220 e. The minimum atomic E-state index is 0.0739. The molecule has 4 N–H and O–H groups in total. The van der Waals surface area contributed by atoms with Gasteiger partial charge in [-0.15, -0.1) is 0 Å². The summed E-state index contributed by atoms with van der Waals surface area (Å²) in [4.78, 5) is 14.1. The van der Waals surface area contributed by atoms with Crippen molar-refractivity contribution in [3.8, 4) is 0 Å². The molecule has 5 nitrogen and oxygen atoms in total. The van der Waals surface area contributed by atoms with Gasteiger partial charge in [-0.05, 0) is 87.0 Å². The van der Waals surface area contributed by atoms with Crippen molar-refractivity contribution in [2.45, 2.75) is 71.0 Å². The molecule has 37 heavy (non-hydrogen) atoms. The fourth-order valence-corrected chi connectivity index (χ4v) is 4.76. The lowest BCUT2D eigenvalue weighted by Crippen LogP contribution is -2.37. The average Bonchev–Trinajstić information content (AvgIpc) is 3.31. The van der Waals surface area contributed by atoms with Crippen LogP contribution in [0.3, 0.4) is 0 Å². The third-order valence-corrected chi connectivity index (χ3v) is 7.59. The number of amides is 1. The van der Waals surface area contributed by atoms with Crippen molar-refractivity contribution >= 4 is 40.7 Å². The summed E-state index contributed by atoms with van der Waals surface area (Å²) in [5.74, 6) is 0.621. The molecule has 0 aromatic heterocycles. The number of rotatable bonds is 12. The van der Waals surface area contributed by atoms with Crippen LogP contribution in [0.15, 0.2) is 42.5 Å². The number of likely N-dealkylation sites (tertiary alicyclic amines) is 1. The number of nitrogens with one attached hydrogen (secondary N) is 2. The fraction of sp³-hybridized carbons (Fsp3) is 0.552. The predicted molar refractivity (Wildman–Crippen MR) is 159 cm³/mol. The molecule has 0 bridgehead atoms. The molecule has 206 valence electrons. The zero-order valence-corrected chi connectivity index (χ0v) is 24.7. The summed E-state index contributed by atoms with van der Waals surface area (Å²) >= 11 is 17.6. The summed E-state index contributed by atoms with van der Waals surface area (Å²) in [6.07, 6.45) is 6.10. The van der Waals surface area contributed by atoms with Crippen LogP contribution in [0.25, 0.3) is 0 Å². The molecule has 1 fully saturated rings. The number of hydrogen-bond donors (Lipinski definition) is 3. The van der Waals surface area contributed by atoms with Gasteiger partial charge in [-0.3, -0.25) is 9.69 Å². The van der Waals surface area contributed by atoms with Crippen molar-refractivity contribution in [1.29, 1.82) is 0 Å². The Balaban J connectivity index is 0.000000264. The highest BCUT2D eigenvalue weighted by atomic mass is 35.5. The number of benzene rings is 2. The highest BCUT2D eigenvalue weighted by Crippen LogP contribution is 2.22. The summed E-state index contributed by atoms with van der Waals surface area (Å²) in [6.45, 7) is 7.97. The van der Waals surface area contributed by atoms with Crippen molar-refractivity contribution in [1.82, 2.24) is 15.5 Å². The Kier molecular flexibility index (Phi) is 14.9. The lowest BCUT2D eigenvalue weighted by atomic mass is 10.0. The molecule has 1 heterocycles. The summed E-state index contributed by atoms with van der Waals surface area (Å²) < 4.78 is 0. The van der Waals surface area contributed by atoms with E-state index < -0.39 is 0 Å². The van der Waals surface area contributed by atoms with Gasteiger partial charge in [0.1, 0.15) is 0 Å². The first-order valence-electron chi connectivity index (χ1n) is 13.3. The van der Waals surface area contributed by atoms with E-state index in [1.807, 2.05) is 25.2 Å². The molecule has 8 heteroatoms. The molecular weight excluding hydrogens is 527 g/mol. The van der Waals surface area contributed by atoms with E-state index in [4.69, 9.17) is 40.5 Å². The number of nitrogens with two attached hydrogens (primary N) is 1. The fourth-order valence-electron chi connectivity index (χ4n) is 4.31. The molecule has 0 spiro atoms. The Bertz CT molecular complexity index is 939. The molecule has 2 aromatic rings. The average molecular weight is 570 g/mol. The van der Waals surface area contributed by atoms with Gasteiger partial charge >= 0.3 is 0 Å². The number of carbonyl (C=O) groups excluding carboxylic acids is 1. The van der Waals surface area contributed by atoms with E-state index in [1.54, 1.807) is 12.1 Å². The van der Waals surface area contributed by atoms with Crippen molar-refractivity contribution in [3.05, 3.63) is 68.7 Å². The van der Waals surface area contributed by atoms with Crippen LogP contribution >= 0.6 is 34.8 Å². The van der Waals surface area contributed by atoms with E-state index in [-0.39, 0.29) is 5.91 Å². The topological polar surface area (TPSA) is 70.4 Å². The number of nitrogens with zero attached hydrogens (tertiary/aromatic N) is 1. The monoisotopic (exact) mass is 568 g/mol. The Labute approximate surface area is 238 Å². The lowest BCUT2D eigenvalue weighted by molar-refractivity contribution is -0.121. The van der Waals surface area contributed by atoms with Gasteiger partial charge < -0.3 is 16.4 Å². The predicted octanol–water partition coefficient (Wildman–Crippen LogP) is 6.33. The summed E-state index contributed by atoms with van der Waals surface area (Å²) in [5.41, 5.74) is 8.37.